The van der Waals surface area contributed by atoms with E-state index in [4.69, 9.17) is 5.73 Å². The lowest BCUT2D eigenvalue weighted by Crippen LogP contribution is -2.35. The minimum absolute atomic E-state index is 0. The molecule has 7 heteroatoms. The Morgan fingerprint density at radius 1 is 1.28 bits per heavy atom. The Bertz CT molecular complexity index is 702. The Morgan fingerprint density at radius 2 is 2.00 bits per heavy atom. The van der Waals surface area contributed by atoms with Gasteiger partial charge < -0.3 is 11.1 Å². The van der Waals surface area contributed by atoms with Crippen LogP contribution in [0.3, 0.4) is 0 Å². The molecule has 0 fully saturated rings. The molecule has 0 radical (unpaired) electrons. The van der Waals surface area contributed by atoms with Gasteiger partial charge in [-0.25, -0.2) is 4.68 Å². The van der Waals surface area contributed by atoms with Crippen LogP contribution in [0.2, 0.25) is 0 Å². The Morgan fingerprint density at radius 3 is 2.72 bits per heavy atom. The monoisotopic (exact) mass is 384 g/mol. The van der Waals surface area contributed by atoms with E-state index in [-0.39, 0.29) is 48.7 Å². The summed E-state index contributed by atoms with van der Waals surface area (Å²) in [6.07, 6.45) is 5.01. The molecule has 25 heavy (non-hydrogen) atoms. The molecule has 3 atom stereocenters. The number of amides is 1. The number of aryl methyl sites for hydroxylation is 1. The number of hydrogen-bond acceptors (Lipinski definition) is 3. The molecule has 1 aliphatic rings. The van der Waals surface area contributed by atoms with Crippen molar-refractivity contribution in [2.75, 3.05) is 5.32 Å². The third-order valence-electron chi connectivity index (χ3n) is 4.76. The van der Waals surface area contributed by atoms with Crippen LogP contribution in [-0.4, -0.2) is 21.7 Å². The van der Waals surface area contributed by atoms with Gasteiger partial charge in [-0.15, -0.1) is 24.8 Å². The van der Waals surface area contributed by atoms with Gasteiger partial charge in [0, 0.05) is 12.1 Å². The highest BCUT2D eigenvalue weighted by Gasteiger charge is 2.25. The minimum Gasteiger partial charge on any atom is -0.327 e. The summed E-state index contributed by atoms with van der Waals surface area (Å²) in [7, 11) is 0. The average Bonchev–Trinajstić information content (AvgIpc) is 3.01. The van der Waals surface area contributed by atoms with E-state index in [1.165, 1.54) is 11.1 Å². The molecule has 1 amide bonds. The van der Waals surface area contributed by atoms with Gasteiger partial charge in [0.15, 0.2) is 0 Å². The zero-order valence-electron chi connectivity index (χ0n) is 14.5. The van der Waals surface area contributed by atoms with Gasteiger partial charge in [-0.3, -0.25) is 4.79 Å². The molecule has 1 aliphatic carbocycles. The zero-order valence-corrected chi connectivity index (χ0v) is 16.1. The number of hydrogen-bond donors (Lipinski definition) is 2. The van der Waals surface area contributed by atoms with Gasteiger partial charge in [0.05, 0.1) is 18.2 Å². The maximum atomic E-state index is 12.3. The largest absolute Gasteiger partial charge is 0.327 e. The molecule has 5 nitrogen and oxygen atoms in total. The number of nitrogens with zero attached hydrogens (tertiary/aromatic N) is 2. The first kappa shape index (κ1) is 21.5. The van der Waals surface area contributed by atoms with Gasteiger partial charge in [0.1, 0.15) is 5.82 Å². The fraction of sp³-hybridized carbons (Fsp3) is 0.444. The second-order valence-corrected chi connectivity index (χ2v) is 6.40. The van der Waals surface area contributed by atoms with Crippen LogP contribution in [0.4, 0.5) is 5.82 Å². The Kier molecular flexibility index (Phi) is 7.93. The number of nitrogens with two attached hydrogens (primary N) is 1. The van der Waals surface area contributed by atoms with Gasteiger partial charge in [-0.05, 0) is 37.3 Å². The van der Waals surface area contributed by atoms with E-state index in [1.807, 2.05) is 24.6 Å². The first-order valence-electron chi connectivity index (χ1n) is 8.25. The molecule has 1 aromatic carbocycles. The number of nitrogens with one attached hydrogen (secondary N) is 1. The van der Waals surface area contributed by atoms with Gasteiger partial charge in [0.25, 0.3) is 0 Å². The zero-order chi connectivity index (χ0) is 16.4. The number of rotatable bonds is 4. The van der Waals surface area contributed by atoms with E-state index in [2.05, 4.69) is 34.7 Å². The lowest BCUT2D eigenvalue weighted by atomic mass is 9.88. The summed E-state index contributed by atoms with van der Waals surface area (Å²) in [5, 5.41) is 7.45. The first-order valence-corrected chi connectivity index (χ1v) is 8.25. The first-order chi connectivity index (χ1) is 11.1. The summed E-state index contributed by atoms with van der Waals surface area (Å²) in [6, 6.07) is 10.3. The number of carbonyl (C=O) groups excluding carboxylic acids is 1. The normalized spacial score (nSPS) is 18.1. The highest BCUT2D eigenvalue weighted by Crippen LogP contribution is 2.34. The average molecular weight is 385 g/mol. The summed E-state index contributed by atoms with van der Waals surface area (Å²) in [5.74, 6) is 0.437. The molecule has 0 spiro atoms. The maximum Gasteiger partial charge on any atom is 0.229 e. The number of aromatic nitrogens is 2. The van der Waals surface area contributed by atoms with Crippen molar-refractivity contribution in [1.82, 2.24) is 9.78 Å². The van der Waals surface area contributed by atoms with Crippen LogP contribution in [0, 0.1) is 5.92 Å². The Labute approximate surface area is 161 Å². The van der Waals surface area contributed by atoms with Gasteiger partial charge in [0.2, 0.25) is 5.91 Å². The van der Waals surface area contributed by atoms with Crippen molar-refractivity contribution in [2.24, 2.45) is 11.7 Å². The van der Waals surface area contributed by atoms with Crippen molar-refractivity contribution >= 4 is 36.5 Å². The topological polar surface area (TPSA) is 72.9 Å². The predicted molar refractivity (Wildman–Crippen MR) is 106 cm³/mol. The fourth-order valence-corrected chi connectivity index (χ4v) is 3.12. The second-order valence-electron chi connectivity index (χ2n) is 6.40. The molecule has 0 aliphatic heterocycles. The van der Waals surface area contributed by atoms with Crippen molar-refractivity contribution in [2.45, 2.75) is 45.2 Å². The number of halogens is 2. The molecule has 2 aromatic rings. The molecule has 1 heterocycles. The van der Waals surface area contributed by atoms with Crippen LogP contribution < -0.4 is 11.1 Å². The highest BCUT2D eigenvalue weighted by atomic mass is 35.5. The molecule has 0 bridgehead atoms. The van der Waals surface area contributed by atoms with Crippen LogP contribution >= 0.6 is 24.8 Å². The third-order valence-corrected chi connectivity index (χ3v) is 4.76. The molecule has 0 saturated carbocycles. The van der Waals surface area contributed by atoms with E-state index in [0.717, 1.165) is 25.1 Å². The lowest BCUT2D eigenvalue weighted by Gasteiger charge is -2.27. The minimum atomic E-state index is -0.239. The van der Waals surface area contributed by atoms with E-state index in [1.54, 1.807) is 6.20 Å². The van der Waals surface area contributed by atoms with Gasteiger partial charge in [-0.2, -0.15) is 5.10 Å². The summed E-state index contributed by atoms with van der Waals surface area (Å²) in [4.78, 5) is 12.3. The fourth-order valence-electron chi connectivity index (χ4n) is 3.12. The number of benzene rings is 1. The van der Waals surface area contributed by atoms with Crippen LogP contribution in [-0.2, 0) is 11.2 Å². The molecular formula is C18H26Cl2N4O. The van der Waals surface area contributed by atoms with Crippen molar-refractivity contribution in [3.05, 3.63) is 47.7 Å². The summed E-state index contributed by atoms with van der Waals surface area (Å²) in [6.45, 7) is 3.69. The predicted octanol–water partition coefficient (Wildman–Crippen LogP) is 3.57. The molecule has 3 N–H and O–H groups in total. The summed E-state index contributed by atoms with van der Waals surface area (Å²) >= 11 is 0. The molecule has 138 valence electrons. The lowest BCUT2D eigenvalue weighted by molar-refractivity contribution is -0.119. The van der Waals surface area contributed by atoms with Gasteiger partial charge in [-0.1, -0.05) is 31.2 Å². The third kappa shape index (κ3) is 4.54. The SMILES string of the molecule is CC(N)C(C)C(=O)Nc1ccnn1C1CCCc2ccccc21.Cl.Cl. The van der Waals surface area contributed by atoms with Crippen LogP contribution in [0.5, 0.6) is 0 Å². The Balaban J connectivity index is 0.00000156. The number of carbonyl (C=O) groups is 1. The van der Waals surface area contributed by atoms with E-state index >= 15 is 0 Å². The molecule has 0 saturated heterocycles. The van der Waals surface area contributed by atoms with E-state index < -0.39 is 0 Å². The smallest absolute Gasteiger partial charge is 0.229 e. The maximum absolute atomic E-state index is 12.3. The van der Waals surface area contributed by atoms with Crippen molar-refractivity contribution in [3.63, 3.8) is 0 Å². The molecule has 1 aromatic heterocycles. The van der Waals surface area contributed by atoms with Crippen molar-refractivity contribution in [3.8, 4) is 0 Å². The number of anilines is 1. The van der Waals surface area contributed by atoms with Crippen LogP contribution in [0.25, 0.3) is 0 Å². The van der Waals surface area contributed by atoms with E-state index in [9.17, 15) is 4.79 Å². The quantitative estimate of drug-likeness (QED) is 0.845. The van der Waals surface area contributed by atoms with E-state index in [0.29, 0.717) is 0 Å². The van der Waals surface area contributed by atoms with Gasteiger partial charge >= 0.3 is 0 Å². The molecule has 3 rings (SSSR count). The highest BCUT2D eigenvalue weighted by molar-refractivity contribution is 5.92. The molecular weight excluding hydrogens is 359 g/mol. The number of fused-ring (bicyclic) bond motifs is 1. The summed E-state index contributed by atoms with van der Waals surface area (Å²) < 4.78 is 1.93. The van der Waals surface area contributed by atoms with Crippen molar-refractivity contribution in [1.29, 1.82) is 0 Å². The van der Waals surface area contributed by atoms with Crippen LogP contribution in [0.15, 0.2) is 36.5 Å². The van der Waals surface area contributed by atoms with Crippen LogP contribution in [0.1, 0.15) is 43.9 Å². The Hall–Kier alpha value is -1.56. The van der Waals surface area contributed by atoms with Crippen molar-refractivity contribution < 1.29 is 4.79 Å². The second kappa shape index (κ2) is 9.22. The summed E-state index contributed by atoms with van der Waals surface area (Å²) in [5.41, 5.74) is 8.51. The molecule has 3 unspecified atom stereocenters. The standard InChI is InChI=1S/C18H24N4O.2ClH/c1-12(13(2)19)18(23)21-17-10-11-20-22(17)16-9-5-7-14-6-3-4-8-15(14)16;;/h3-4,6,8,10-13,16H,5,7,9,19H2,1-2H3,(H,21,23);2*1H.